The number of benzene rings is 2. The molecule has 2 aromatic carbocycles. The number of rotatable bonds is 4. The first kappa shape index (κ1) is 19.9. The summed E-state index contributed by atoms with van der Waals surface area (Å²) in [4.78, 5) is 2.56. The van der Waals surface area contributed by atoms with Crippen molar-refractivity contribution in [2.24, 2.45) is 0 Å². The lowest BCUT2D eigenvalue weighted by Gasteiger charge is -2.53. The maximum absolute atomic E-state index is 13.5. The third kappa shape index (κ3) is 3.18. The Kier molecular flexibility index (Phi) is 5.52. The van der Waals surface area contributed by atoms with E-state index in [1.807, 2.05) is 18.2 Å². The van der Waals surface area contributed by atoms with Gasteiger partial charge in [0, 0.05) is 41.5 Å². The molecule has 4 rings (SSSR count). The van der Waals surface area contributed by atoms with Crippen LogP contribution in [0, 0.1) is 5.82 Å². The van der Waals surface area contributed by atoms with Gasteiger partial charge in [-0.3, -0.25) is 4.90 Å². The van der Waals surface area contributed by atoms with Gasteiger partial charge in [0.15, 0.2) is 0 Å². The van der Waals surface area contributed by atoms with Crippen molar-refractivity contribution in [3.05, 3.63) is 70.0 Å². The average molecular weight is 401 g/mol. The molecule has 4 heteroatoms. The molecule has 0 saturated carbocycles. The molecule has 0 bridgehead atoms. The fourth-order valence-corrected chi connectivity index (χ4v) is 5.98. The molecule has 2 aromatic rings. The van der Waals surface area contributed by atoms with Crippen molar-refractivity contribution in [1.82, 2.24) is 10.2 Å². The van der Waals surface area contributed by atoms with E-state index in [4.69, 9.17) is 11.6 Å². The van der Waals surface area contributed by atoms with Gasteiger partial charge in [-0.1, -0.05) is 43.6 Å². The number of piperazine rings is 1. The highest BCUT2D eigenvalue weighted by molar-refractivity contribution is 6.30. The molecular weight excluding hydrogens is 371 g/mol. The van der Waals surface area contributed by atoms with Crippen LogP contribution >= 0.6 is 11.6 Å². The molecule has 2 aliphatic rings. The van der Waals surface area contributed by atoms with Crippen molar-refractivity contribution in [3.8, 4) is 0 Å². The Balaban J connectivity index is 1.78. The van der Waals surface area contributed by atoms with Crippen LogP contribution in [0.4, 0.5) is 4.39 Å². The van der Waals surface area contributed by atoms with Crippen LogP contribution in [0.2, 0.25) is 5.02 Å². The largest absolute Gasteiger partial charge is 0.310 e. The summed E-state index contributed by atoms with van der Waals surface area (Å²) in [5.74, 6) is 0.505. The highest BCUT2D eigenvalue weighted by Crippen LogP contribution is 2.51. The smallest absolute Gasteiger partial charge is 0.123 e. The molecule has 1 fully saturated rings. The van der Waals surface area contributed by atoms with Crippen LogP contribution in [0.3, 0.4) is 0 Å². The topological polar surface area (TPSA) is 15.3 Å². The predicted molar refractivity (Wildman–Crippen MR) is 115 cm³/mol. The van der Waals surface area contributed by atoms with Gasteiger partial charge < -0.3 is 5.32 Å². The van der Waals surface area contributed by atoms with E-state index in [2.05, 4.69) is 43.2 Å². The quantitative estimate of drug-likeness (QED) is 0.722. The minimum absolute atomic E-state index is 0.139. The van der Waals surface area contributed by atoms with E-state index in [0.717, 1.165) is 37.4 Å². The van der Waals surface area contributed by atoms with Gasteiger partial charge in [0.2, 0.25) is 0 Å². The molecule has 1 aliphatic carbocycles. The maximum atomic E-state index is 13.5. The van der Waals surface area contributed by atoms with Crippen LogP contribution in [0.25, 0.3) is 0 Å². The zero-order chi connectivity index (χ0) is 19.9. The normalized spacial score (nSPS) is 27.0. The standard InChI is InChI=1S/C24H30ClFN2/c1-4-24(5-2)23(27-12-13-28(24)3)22-15-20(16-6-9-18(26)10-7-16)19-11-8-17(25)14-21(19)22/h6-11,14,20,22-23,27H,4-5,12-13,15H2,1-3H3. The lowest BCUT2D eigenvalue weighted by molar-refractivity contribution is 0.0231. The molecule has 1 aliphatic heterocycles. The van der Waals surface area contributed by atoms with Gasteiger partial charge in [-0.2, -0.15) is 0 Å². The van der Waals surface area contributed by atoms with E-state index >= 15 is 0 Å². The number of nitrogens with one attached hydrogen (secondary N) is 1. The van der Waals surface area contributed by atoms with E-state index in [0.29, 0.717) is 17.9 Å². The van der Waals surface area contributed by atoms with Crippen LogP contribution in [-0.2, 0) is 0 Å². The number of hydrogen-bond donors (Lipinski definition) is 1. The molecule has 0 amide bonds. The summed E-state index contributed by atoms with van der Waals surface area (Å²) in [6.07, 6.45) is 3.27. The lowest BCUT2D eigenvalue weighted by atomic mass is 9.73. The second-order valence-electron chi connectivity index (χ2n) is 8.38. The summed E-state index contributed by atoms with van der Waals surface area (Å²) < 4.78 is 13.5. The zero-order valence-corrected chi connectivity index (χ0v) is 17.8. The summed E-state index contributed by atoms with van der Waals surface area (Å²) in [6.45, 7) is 6.71. The lowest BCUT2D eigenvalue weighted by Crippen LogP contribution is -2.67. The van der Waals surface area contributed by atoms with Crippen LogP contribution in [-0.4, -0.2) is 36.6 Å². The van der Waals surface area contributed by atoms with Gasteiger partial charge in [0.05, 0.1) is 0 Å². The Bertz CT molecular complexity index is 831. The molecule has 0 spiro atoms. The molecule has 1 heterocycles. The Labute approximate surface area is 173 Å². The highest BCUT2D eigenvalue weighted by atomic mass is 35.5. The van der Waals surface area contributed by atoms with Gasteiger partial charge in [-0.25, -0.2) is 4.39 Å². The van der Waals surface area contributed by atoms with Gasteiger partial charge in [0.1, 0.15) is 5.82 Å². The summed E-state index contributed by atoms with van der Waals surface area (Å²) >= 11 is 6.43. The molecule has 0 aromatic heterocycles. The summed E-state index contributed by atoms with van der Waals surface area (Å²) in [6, 6.07) is 13.7. The van der Waals surface area contributed by atoms with Crippen molar-refractivity contribution in [2.45, 2.75) is 56.5 Å². The molecule has 1 N–H and O–H groups in total. The minimum Gasteiger partial charge on any atom is -0.310 e. The number of fused-ring (bicyclic) bond motifs is 1. The van der Waals surface area contributed by atoms with Crippen molar-refractivity contribution < 1.29 is 4.39 Å². The second kappa shape index (κ2) is 7.78. The van der Waals surface area contributed by atoms with E-state index < -0.39 is 0 Å². The van der Waals surface area contributed by atoms with E-state index in [9.17, 15) is 4.39 Å². The summed E-state index contributed by atoms with van der Waals surface area (Å²) in [5.41, 5.74) is 4.04. The molecule has 1 saturated heterocycles. The molecule has 2 nitrogen and oxygen atoms in total. The van der Waals surface area contributed by atoms with Crippen LogP contribution in [0.5, 0.6) is 0 Å². The fraction of sp³-hybridized carbons (Fsp3) is 0.500. The van der Waals surface area contributed by atoms with Crippen LogP contribution in [0.15, 0.2) is 42.5 Å². The van der Waals surface area contributed by atoms with Crippen LogP contribution < -0.4 is 5.32 Å². The van der Waals surface area contributed by atoms with Gasteiger partial charge >= 0.3 is 0 Å². The predicted octanol–water partition coefficient (Wildman–Crippen LogP) is 5.56. The first-order valence-electron chi connectivity index (χ1n) is 10.5. The van der Waals surface area contributed by atoms with Crippen molar-refractivity contribution >= 4 is 11.6 Å². The molecule has 3 atom stereocenters. The number of likely N-dealkylation sites (N-methyl/N-ethyl adjacent to an activating group) is 1. The molecule has 3 unspecified atom stereocenters. The number of halogens is 2. The Hall–Kier alpha value is -1.42. The summed E-state index contributed by atoms with van der Waals surface area (Å²) in [7, 11) is 2.27. The Morgan fingerprint density at radius 1 is 1.11 bits per heavy atom. The Morgan fingerprint density at radius 2 is 1.82 bits per heavy atom. The SMILES string of the molecule is CCC1(CC)C(C2CC(c3ccc(F)cc3)c3ccc(Cl)cc32)NCCN1C. The van der Waals surface area contributed by atoms with E-state index in [1.165, 1.54) is 16.7 Å². The maximum Gasteiger partial charge on any atom is 0.123 e. The third-order valence-electron chi connectivity index (χ3n) is 7.36. The zero-order valence-electron chi connectivity index (χ0n) is 17.0. The molecule has 0 radical (unpaired) electrons. The highest BCUT2D eigenvalue weighted by Gasteiger charge is 2.48. The average Bonchev–Trinajstić information content (AvgIpc) is 3.07. The van der Waals surface area contributed by atoms with E-state index in [1.54, 1.807) is 12.1 Å². The van der Waals surface area contributed by atoms with Gasteiger partial charge in [0.25, 0.3) is 0 Å². The first-order valence-corrected chi connectivity index (χ1v) is 10.9. The molecule has 150 valence electrons. The minimum atomic E-state index is -0.179. The van der Waals surface area contributed by atoms with Crippen molar-refractivity contribution in [2.75, 3.05) is 20.1 Å². The van der Waals surface area contributed by atoms with Gasteiger partial charge in [-0.05, 0) is 67.3 Å². The van der Waals surface area contributed by atoms with E-state index in [-0.39, 0.29) is 11.4 Å². The van der Waals surface area contributed by atoms with Crippen LogP contribution in [0.1, 0.15) is 61.6 Å². The Morgan fingerprint density at radius 3 is 2.50 bits per heavy atom. The summed E-state index contributed by atoms with van der Waals surface area (Å²) in [5, 5.41) is 4.68. The van der Waals surface area contributed by atoms with Gasteiger partial charge in [-0.15, -0.1) is 0 Å². The third-order valence-corrected chi connectivity index (χ3v) is 7.60. The van der Waals surface area contributed by atoms with Crippen molar-refractivity contribution in [3.63, 3.8) is 0 Å². The number of nitrogens with zero attached hydrogens (tertiary/aromatic N) is 1. The first-order chi connectivity index (χ1) is 13.5. The second-order valence-corrected chi connectivity index (χ2v) is 8.82. The number of hydrogen-bond acceptors (Lipinski definition) is 2. The van der Waals surface area contributed by atoms with Crippen molar-refractivity contribution in [1.29, 1.82) is 0 Å². The molecular formula is C24H30ClFN2. The monoisotopic (exact) mass is 400 g/mol. The molecule has 28 heavy (non-hydrogen) atoms. The fourth-order valence-electron chi connectivity index (χ4n) is 5.80.